The maximum Gasteiger partial charge on any atom is 0.309 e. The van der Waals surface area contributed by atoms with Gasteiger partial charge in [0, 0.05) is 49.7 Å². The number of sulfonamides is 1. The van der Waals surface area contributed by atoms with Crippen LogP contribution in [0.5, 0.6) is 0 Å². The van der Waals surface area contributed by atoms with Gasteiger partial charge in [-0.1, -0.05) is 55.4 Å². The molecular formula is C48H81N3O6S. The number of nitrogens with one attached hydrogen (secondary N) is 1. The molecule has 13 atom stereocenters. The Kier molecular flexibility index (Phi) is 10.6. The molecule has 7 saturated carbocycles. The van der Waals surface area contributed by atoms with Crippen molar-refractivity contribution in [1.82, 2.24) is 14.5 Å². The lowest BCUT2D eigenvalue weighted by Crippen LogP contribution is -2.69. The zero-order valence-corrected chi connectivity index (χ0v) is 39.1. The van der Waals surface area contributed by atoms with E-state index in [0.717, 1.165) is 38.4 Å². The summed E-state index contributed by atoms with van der Waals surface area (Å²) in [6.45, 7) is 29.0. The smallest absolute Gasteiger partial charge is 0.309 e. The van der Waals surface area contributed by atoms with Crippen LogP contribution in [0.25, 0.3) is 0 Å². The van der Waals surface area contributed by atoms with Crippen LogP contribution in [-0.2, 0) is 24.3 Å². The van der Waals surface area contributed by atoms with Gasteiger partial charge in [-0.2, -0.15) is 4.31 Å². The van der Waals surface area contributed by atoms with Gasteiger partial charge in [-0.25, -0.2) is 8.42 Å². The van der Waals surface area contributed by atoms with E-state index in [0.29, 0.717) is 54.6 Å². The second kappa shape index (κ2) is 14.1. The average Bonchev–Trinajstić information content (AvgIpc) is 3.77. The fourth-order valence-electron chi connectivity index (χ4n) is 16.6. The largest absolute Gasteiger partial charge is 0.481 e. The summed E-state index contributed by atoms with van der Waals surface area (Å²) in [4.78, 5) is 28.0. The maximum atomic E-state index is 13.7. The highest BCUT2D eigenvalue weighted by Crippen LogP contribution is 2.78. The molecular weight excluding hydrogens is 747 g/mol. The van der Waals surface area contributed by atoms with Crippen LogP contribution in [0.1, 0.15) is 160 Å². The van der Waals surface area contributed by atoms with Crippen molar-refractivity contribution in [3.05, 3.63) is 0 Å². The van der Waals surface area contributed by atoms with Crippen molar-refractivity contribution < 1.29 is 27.9 Å². The Bertz CT molecular complexity index is 1730. The molecule has 0 amide bonds. The lowest BCUT2D eigenvalue weighted by Gasteiger charge is -2.73. The van der Waals surface area contributed by atoms with E-state index in [2.05, 4.69) is 58.7 Å². The van der Waals surface area contributed by atoms with E-state index in [1.807, 2.05) is 13.8 Å². The minimum absolute atomic E-state index is 0.131. The summed E-state index contributed by atoms with van der Waals surface area (Å²) in [7, 11) is -3.21. The number of hydrogen-bond donors (Lipinski definition) is 2. The molecule has 1 unspecified atom stereocenters. The maximum absolute atomic E-state index is 13.7. The van der Waals surface area contributed by atoms with Gasteiger partial charge in [0.05, 0.1) is 17.1 Å². The van der Waals surface area contributed by atoms with Crippen LogP contribution in [0.2, 0.25) is 0 Å². The number of piperazine rings is 1. The molecule has 0 aromatic heterocycles. The number of carbonyl (C=O) groups excluding carboxylic acids is 1. The third-order valence-electron chi connectivity index (χ3n) is 21.0. The summed E-state index contributed by atoms with van der Waals surface area (Å²) in [6, 6.07) is 0.367. The molecule has 8 rings (SSSR count). The number of carbonyl (C=O) groups is 2. The topological polar surface area (TPSA) is 116 Å². The van der Waals surface area contributed by atoms with Crippen molar-refractivity contribution >= 4 is 22.0 Å². The average molecular weight is 828 g/mol. The number of carboxylic acids is 1. The van der Waals surface area contributed by atoms with Crippen LogP contribution in [0.15, 0.2) is 0 Å². The molecule has 0 spiro atoms. The van der Waals surface area contributed by atoms with Crippen molar-refractivity contribution in [1.29, 1.82) is 0 Å². The van der Waals surface area contributed by atoms with Gasteiger partial charge < -0.3 is 15.2 Å². The van der Waals surface area contributed by atoms with E-state index >= 15 is 0 Å². The second-order valence-corrected chi connectivity index (χ2v) is 26.7. The summed E-state index contributed by atoms with van der Waals surface area (Å²) in [5.74, 6) is 1.51. The third kappa shape index (κ3) is 6.28. The molecule has 10 heteroatoms. The summed E-state index contributed by atoms with van der Waals surface area (Å²) >= 11 is 0. The van der Waals surface area contributed by atoms with Gasteiger partial charge in [0.2, 0.25) is 10.0 Å². The van der Waals surface area contributed by atoms with E-state index in [1.165, 1.54) is 64.2 Å². The van der Waals surface area contributed by atoms with Crippen molar-refractivity contribution in [2.75, 3.05) is 32.7 Å². The van der Waals surface area contributed by atoms with Crippen LogP contribution in [0.3, 0.4) is 0 Å². The van der Waals surface area contributed by atoms with E-state index in [9.17, 15) is 23.1 Å². The van der Waals surface area contributed by atoms with E-state index < -0.39 is 27.3 Å². The first kappa shape index (κ1) is 43.4. The van der Waals surface area contributed by atoms with Gasteiger partial charge in [-0.3, -0.25) is 14.5 Å². The van der Waals surface area contributed by atoms with Crippen LogP contribution >= 0.6 is 0 Å². The van der Waals surface area contributed by atoms with Gasteiger partial charge in [0.15, 0.2) is 0 Å². The molecule has 0 radical (unpaired) electrons. The van der Waals surface area contributed by atoms with Crippen LogP contribution in [0, 0.1) is 73.9 Å². The van der Waals surface area contributed by atoms with Gasteiger partial charge in [0.1, 0.15) is 6.10 Å². The molecule has 8 fully saturated rings. The number of aliphatic carboxylic acids is 1. The second-order valence-electron chi connectivity index (χ2n) is 24.2. The number of rotatable bonds is 10. The zero-order valence-electron chi connectivity index (χ0n) is 38.3. The molecule has 58 heavy (non-hydrogen) atoms. The Hall–Kier alpha value is -1.23. The van der Waals surface area contributed by atoms with Gasteiger partial charge in [-0.15, -0.1) is 0 Å². The lowest BCUT2D eigenvalue weighted by atomic mass is 9.32. The van der Waals surface area contributed by atoms with Crippen LogP contribution < -0.4 is 5.32 Å². The van der Waals surface area contributed by atoms with Crippen molar-refractivity contribution in [2.24, 2.45) is 73.9 Å². The summed E-state index contributed by atoms with van der Waals surface area (Å²) in [5.41, 5.74) is 0.684. The molecule has 0 aromatic rings. The quantitative estimate of drug-likeness (QED) is 0.211. The minimum atomic E-state index is -3.21. The van der Waals surface area contributed by atoms with E-state index in [4.69, 9.17) is 4.74 Å². The fourth-order valence-corrected chi connectivity index (χ4v) is 17.8. The van der Waals surface area contributed by atoms with Crippen LogP contribution in [0.4, 0.5) is 0 Å². The predicted molar refractivity (Wildman–Crippen MR) is 229 cm³/mol. The molecule has 9 nitrogen and oxygen atoms in total. The normalized spacial score (nSPS) is 46.1. The molecule has 1 aliphatic heterocycles. The van der Waals surface area contributed by atoms with Gasteiger partial charge in [-0.05, 0) is 161 Å². The van der Waals surface area contributed by atoms with E-state index in [1.54, 1.807) is 18.2 Å². The highest BCUT2D eigenvalue weighted by atomic mass is 32.2. The SMILES string of the molecule is CC(C)S(=O)(=O)N1CCN([C@@H](C)CN[C@]23CCC(C4(C)CC4)[C@@H]2[C@H]2CC[C@@H]4[C@@]5(C)CC[C@H](OC(=O)[C@H]6C[C@@H](C(=O)O)C6(C)C)C(C)(C)[C@@H]5CC[C@@]4(C)[C@]2(C)CC3)CC1. The summed E-state index contributed by atoms with van der Waals surface area (Å²) in [5, 5.41) is 13.7. The molecule has 0 bridgehead atoms. The Morgan fingerprint density at radius 3 is 2.00 bits per heavy atom. The molecule has 1 saturated heterocycles. The molecule has 7 aliphatic carbocycles. The Morgan fingerprint density at radius 2 is 1.40 bits per heavy atom. The standard InChI is InChI=1S/C48H81N3O6S/c1-30(2)58(55,56)51-26-24-50(25-27-51)31(3)29-49-48-19-14-32(44(8)20-21-44)39(48)33-12-13-37-45(9)17-16-38(57-41(54)35-28-34(40(52)53)42(35,4)5)43(6,7)36(45)15-18-47(37,11)46(33,10)22-23-48/h30-39,49H,12-29H2,1-11H3,(H,52,53)/t31-,32?,33+,34-,35+,36-,37+,38-,39+,45-,46+,47+,48-/m0/s1. The Balaban J connectivity index is 0.983. The lowest BCUT2D eigenvalue weighted by molar-refractivity contribution is -0.249. The first-order valence-corrected chi connectivity index (χ1v) is 25.3. The number of ether oxygens (including phenoxy) is 1. The first-order chi connectivity index (χ1) is 26.9. The number of fused-ring (bicyclic) bond motifs is 7. The highest BCUT2D eigenvalue weighted by Gasteiger charge is 2.72. The van der Waals surface area contributed by atoms with Crippen LogP contribution in [-0.4, -0.2) is 90.3 Å². The van der Waals surface area contributed by atoms with Gasteiger partial charge in [0.25, 0.3) is 0 Å². The predicted octanol–water partition coefficient (Wildman–Crippen LogP) is 8.61. The third-order valence-corrected chi connectivity index (χ3v) is 23.3. The van der Waals surface area contributed by atoms with Crippen molar-refractivity contribution in [3.63, 3.8) is 0 Å². The first-order valence-electron chi connectivity index (χ1n) is 23.8. The number of esters is 1. The summed E-state index contributed by atoms with van der Waals surface area (Å²) < 4.78 is 34.0. The van der Waals surface area contributed by atoms with Crippen molar-refractivity contribution in [3.8, 4) is 0 Å². The molecule has 0 aromatic carbocycles. The number of hydrogen-bond acceptors (Lipinski definition) is 7. The Morgan fingerprint density at radius 1 is 0.724 bits per heavy atom. The molecule has 8 aliphatic rings. The molecule has 330 valence electrons. The Labute approximate surface area is 352 Å². The minimum Gasteiger partial charge on any atom is -0.481 e. The number of carboxylic acid groups (broad SMARTS) is 1. The summed E-state index contributed by atoms with van der Waals surface area (Å²) in [6.07, 6.45) is 15.2. The van der Waals surface area contributed by atoms with Gasteiger partial charge >= 0.3 is 11.9 Å². The molecule has 2 N–H and O–H groups in total. The highest BCUT2D eigenvalue weighted by molar-refractivity contribution is 7.89. The van der Waals surface area contributed by atoms with E-state index in [-0.39, 0.29) is 50.4 Å². The zero-order chi connectivity index (χ0) is 42.2. The van der Waals surface area contributed by atoms with Crippen molar-refractivity contribution in [2.45, 2.75) is 183 Å². The number of nitrogens with zero attached hydrogens (tertiary/aromatic N) is 2. The molecule has 1 heterocycles. The monoisotopic (exact) mass is 828 g/mol. The fraction of sp³-hybridized carbons (Fsp3) is 0.958.